The van der Waals surface area contributed by atoms with Crippen LogP contribution in [-0.2, 0) is 106 Å². The number of fused-ring (bicyclic) bond motifs is 8. The molecule has 4 spiro atoms. The summed E-state index contributed by atoms with van der Waals surface area (Å²) >= 11 is 6.71. The molecule has 0 radical (unpaired) electrons. The molecule has 16 saturated heterocycles. The number of amides is 4. The Hall–Kier alpha value is -4.53. The minimum Gasteiger partial charge on any atom is -0.346 e. The Bertz CT molecular complexity index is 4850. The molecule has 0 unspecified atom stereocenters. The van der Waals surface area contributed by atoms with E-state index >= 15 is 0 Å². The molecule has 132 heavy (non-hydrogen) atoms. The van der Waals surface area contributed by atoms with Gasteiger partial charge in [-0.05, 0) is 311 Å². The van der Waals surface area contributed by atoms with Gasteiger partial charge in [0.25, 0.3) is 0 Å². The zero-order valence-electron chi connectivity index (χ0n) is 80.0. The highest BCUT2D eigenvalue weighted by Crippen LogP contribution is 2.66. The second-order valence-electron chi connectivity index (χ2n) is 42.0. The Labute approximate surface area is 797 Å². The molecule has 0 aromatic heterocycles. The minimum absolute atomic E-state index is 0.0166. The summed E-state index contributed by atoms with van der Waals surface area (Å²) in [5, 5.41) is 12.0. The Morgan fingerprint density at radius 2 is 0.606 bits per heavy atom. The number of rotatable bonds is 21. The number of nitrogens with one attached hydrogen (secondary N) is 4. The van der Waals surface area contributed by atoms with Gasteiger partial charge < -0.3 is 59.2 Å². The third-order valence-corrected chi connectivity index (χ3v) is 37.7. The number of sulfone groups is 1. The molecular weight excluding hydrogens is 1780 g/mol. The fraction of sp³-hybridized carbons (Fsp3) is 0.723. The molecular formula is C101H142N4O22S5. The fourth-order valence-electron chi connectivity index (χ4n) is 26.3. The molecule has 16 aliphatic heterocycles. The average molecular weight is 1920 g/mol. The lowest BCUT2D eigenvalue weighted by Crippen LogP contribution is -2.70. The molecule has 20 aliphatic rings. The van der Waals surface area contributed by atoms with E-state index in [2.05, 4.69) is 82.7 Å². The highest BCUT2D eigenvalue weighted by atomic mass is 32.2. The van der Waals surface area contributed by atoms with Crippen LogP contribution in [0, 0.1) is 94.7 Å². The number of carbonyl (C=O) groups is 4. The van der Waals surface area contributed by atoms with E-state index < -0.39 is 80.6 Å². The van der Waals surface area contributed by atoms with Crippen LogP contribution in [0.2, 0.25) is 0 Å². The normalized spacial score (nSPS) is 41.9. The first-order chi connectivity index (χ1) is 63.0. The first-order valence-electron chi connectivity index (χ1n) is 48.8. The smallest absolute Gasteiger partial charge is 0.224 e. The maximum atomic E-state index is 12.9. The van der Waals surface area contributed by atoms with Crippen molar-refractivity contribution in [2.75, 3.05) is 52.5 Å². The molecule has 8 bridgehead atoms. The summed E-state index contributed by atoms with van der Waals surface area (Å²) in [6.45, 7) is 26.0. The van der Waals surface area contributed by atoms with Gasteiger partial charge in [-0.25, -0.2) is 47.5 Å². The van der Waals surface area contributed by atoms with Crippen LogP contribution in [0.1, 0.15) is 237 Å². The molecule has 20 fully saturated rings. The third-order valence-electron chi connectivity index (χ3n) is 33.7. The Morgan fingerprint density at radius 1 is 0.326 bits per heavy atom. The Morgan fingerprint density at radius 3 is 0.902 bits per heavy atom. The van der Waals surface area contributed by atoms with Gasteiger partial charge >= 0.3 is 0 Å². The largest absolute Gasteiger partial charge is 0.346 e. The summed E-state index contributed by atoms with van der Waals surface area (Å²) in [6.07, 6.45) is 27.6. The molecule has 4 amide bonds. The van der Waals surface area contributed by atoms with Crippen molar-refractivity contribution in [1.82, 2.24) is 0 Å². The van der Waals surface area contributed by atoms with Gasteiger partial charge in [-0.3, -0.25) is 19.2 Å². The zero-order chi connectivity index (χ0) is 93.4. The number of anilines is 4. The van der Waals surface area contributed by atoms with Crippen molar-refractivity contribution >= 4 is 103 Å². The van der Waals surface area contributed by atoms with Crippen LogP contribution < -0.4 is 21.3 Å². The van der Waals surface area contributed by atoms with Gasteiger partial charge in [-0.1, -0.05) is 61.5 Å². The molecule has 31 heteroatoms. The Balaban J connectivity index is 0.000000123. The third kappa shape index (κ3) is 19.5. The van der Waals surface area contributed by atoms with Gasteiger partial charge in [-0.2, -0.15) is 0 Å². The minimum atomic E-state index is -3.27. The van der Waals surface area contributed by atoms with Crippen molar-refractivity contribution in [2.45, 2.75) is 357 Å². The molecule has 4 aromatic carbocycles. The van der Waals surface area contributed by atoms with E-state index in [0.717, 1.165) is 121 Å². The van der Waals surface area contributed by atoms with Gasteiger partial charge in [0, 0.05) is 124 Å². The van der Waals surface area contributed by atoms with E-state index in [-0.39, 0.29) is 82.5 Å². The summed E-state index contributed by atoms with van der Waals surface area (Å²) in [4.78, 5) is 104. The lowest BCUT2D eigenvalue weighted by atomic mass is 9.57. The fourth-order valence-corrected chi connectivity index (χ4v) is 28.8. The zero-order valence-corrected chi connectivity index (χ0v) is 84.1. The molecule has 4 aromatic rings. The maximum absolute atomic E-state index is 12.9. The predicted molar refractivity (Wildman–Crippen MR) is 505 cm³/mol. The molecule has 16 heterocycles. The summed E-state index contributed by atoms with van der Waals surface area (Å²) in [6, 6.07) is 28.3. The summed E-state index contributed by atoms with van der Waals surface area (Å²) in [7, 11) is -3.27. The topological polar surface area (TPSA) is 298 Å². The summed E-state index contributed by atoms with van der Waals surface area (Å²) in [5.41, 5.74) is 0.882. The van der Waals surface area contributed by atoms with E-state index in [1.54, 1.807) is 59.2 Å². The van der Waals surface area contributed by atoms with Crippen LogP contribution in [-0.4, -0.2) is 158 Å². The van der Waals surface area contributed by atoms with Crippen molar-refractivity contribution in [2.24, 2.45) is 94.7 Å². The Kier molecular flexibility index (Phi) is 29.9. The van der Waals surface area contributed by atoms with Crippen LogP contribution in [0.3, 0.4) is 0 Å². The van der Waals surface area contributed by atoms with Crippen molar-refractivity contribution in [3.05, 3.63) is 91.0 Å². The van der Waals surface area contributed by atoms with Crippen molar-refractivity contribution in [3.63, 3.8) is 0 Å². The van der Waals surface area contributed by atoms with Crippen LogP contribution >= 0.6 is 47.0 Å². The lowest BCUT2D eigenvalue weighted by molar-refractivity contribution is -0.571. The molecule has 32 atom stereocenters. The van der Waals surface area contributed by atoms with Gasteiger partial charge in [0.1, 0.15) is 0 Å². The monoisotopic (exact) mass is 1920 g/mol. The van der Waals surface area contributed by atoms with Gasteiger partial charge in [0.2, 0.25) is 46.8 Å². The van der Waals surface area contributed by atoms with Crippen molar-refractivity contribution in [1.29, 1.82) is 0 Å². The lowest BCUT2D eigenvalue weighted by Gasteiger charge is -2.60. The van der Waals surface area contributed by atoms with E-state index in [9.17, 15) is 27.6 Å². The van der Waals surface area contributed by atoms with Crippen LogP contribution in [0.15, 0.2) is 115 Å². The molecule has 728 valence electrons. The number of hydrogen-bond acceptors (Lipinski definition) is 26. The van der Waals surface area contributed by atoms with Gasteiger partial charge in [0.15, 0.2) is 57.4 Å². The predicted octanol–water partition coefficient (Wildman–Crippen LogP) is 20.9. The first-order valence-corrected chi connectivity index (χ1v) is 55.6. The van der Waals surface area contributed by atoms with Crippen molar-refractivity contribution in [3.8, 4) is 0 Å². The maximum Gasteiger partial charge on any atom is 0.224 e. The van der Waals surface area contributed by atoms with E-state index in [4.69, 9.17) is 77.0 Å². The number of ether oxygens (including phenoxy) is 8. The first kappa shape index (κ1) is 99.1. The highest BCUT2D eigenvalue weighted by Gasteiger charge is 2.74. The quantitative estimate of drug-likeness (QED) is 0.0445. The molecule has 4 saturated carbocycles. The summed E-state index contributed by atoms with van der Waals surface area (Å²) in [5.74, 6) is 2.55. The van der Waals surface area contributed by atoms with E-state index in [1.165, 1.54) is 36.3 Å². The molecule has 4 N–H and O–H groups in total. The number of hydrogen-bond donors (Lipinski definition) is 4. The number of benzene rings is 4. The SMILES string of the molecule is CSc1cc(NC(=O)CC[C@H]2O[C@@H]3O[C@@]4(C)CC[C@H]5[C@H](C)CC[C@@H]([C@H]2C)[C@@]35OO4)cc(SC)c1.CSc1ccc(NC(=O)CC[C@H]2O[C@@H]3O[C@@]4(C)CC[C@H]5[C@H](C)CC[C@@H]([C@H]2C)[C@@]35OO4)cc1.CSc1cccc(NC(=O)CC[C@H]2O[C@@H]3O[C@@]4(C)CC[C@H]5[C@H](C)CC[C@@H]([C@H]2C)[C@@]35OO4)c1.C[C@H]1[C@@H](CCC(=O)Nc2ccc(S(C)(=O)=O)cc2)O[C@@H]2O[C@@]3(C)CC[C@H]4[C@H](C)CC[C@@H]1[C@@]24OO3. The highest BCUT2D eigenvalue weighted by molar-refractivity contribution is 7.99. The van der Waals surface area contributed by atoms with Crippen LogP contribution in [0.5, 0.6) is 0 Å². The second-order valence-corrected chi connectivity index (χ2v) is 47.5. The number of thioether (sulfide) groups is 4. The van der Waals surface area contributed by atoms with Crippen LogP contribution in [0.4, 0.5) is 22.7 Å². The van der Waals surface area contributed by atoms with Gasteiger partial charge in [-0.15, -0.1) is 47.0 Å². The number of carbonyl (C=O) groups excluding carboxylic acids is 4. The summed E-state index contributed by atoms with van der Waals surface area (Å²) < 4.78 is 75.2. The molecule has 24 rings (SSSR count). The molecule has 4 aliphatic carbocycles. The average Bonchev–Trinajstić information content (AvgIpc) is 1.46. The van der Waals surface area contributed by atoms with Crippen LogP contribution in [0.25, 0.3) is 0 Å². The molecule has 26 nitrogen and oxygen atoms in total. The standard InChI is InChI=1S/C26H37NO5S2.C25H35NO7S.2C25H35NO5S/c1-15-6-7-21-16(2)22(29-24-26(21)20(15)10-11-25(3,30-24)31-32-26)8-9-23(28)27-17-12-18(33-4)14-19(13-17)34-5;1-15-5-10-20-16(2)21(30-23-25(20)19(15)13-14-24(3,31-23)32-33-25)11-12-22(27)26-17-6-8-18(9-7-17)34(4,28)29;1-15-5-10-20-16(2)21(11-12-22(27)26-17-6-8-18(32-4)9-7-17)28-23-25(20)19(15)13-14-24(3,29-23)30-31-25;1-15-8-9-20-16(2)21(10-11-22(27)26-17-6-5-7-18(14-17)32-4)28-23-25(20)19(15)12-13-24(3,29-23)30-31-25/h12-16,20-22,24H,6-11H2,1-5H3,(H,27,28);6-9,15-16,19-21,23H,5,10-14H2,1-4H3,(H,26,27);6-9,15-16,19-21,23H,5,10-14H2,1-4H3,(H,26,27);5-7,14-16,19-21,23H,8-13H2,1-4H3,(H,26,27)/t15-,16-,20+,21+,22-,24-,25-,26-;3*15-,16-,19+,20+,21-,23-,24-,25-/m1111/s1. The van der Waals surface area contributed by atoms with Gasteiger partial charge in [0.05, 0.1) is 29.3 Å². The second kappa shape index (κ2) is 39.9. The van der Waals surface area contributed by atoms with E-state index in [1.807, 2.05) is 113 Å². The van der Waals surface area contributed by atoms with Crippen molar-refractivity contribution < 1.29 is 105 Å². The van der Waals surface area contributed by atoms with E-state index in [0.29, 0.717) is 122 Å².